The third kappa shape index (κ3) is 6.33. The molecule has 2 aromatic rings. The summed E-state index contributed by atoms with van der Waals surface area (Å²) < 4.78 is 17.3. The number of esters is 1. The van der Waals surface area contributed by atoms with Gasteiger partial charge in [0.15, 0.2) is 5.54 Å². The first-order chi connectivity index (χ1) is 15.3. The summed E-state index contributed by atoms with van der Waals surface area (Å²) in [6, 6.07) is 19.3. The van der Waals surface area contributed by atoms with Crippen LogP contribution in [-0.2, 0) is 32.2 Å². The maximum Gasteiger partial charge on any atom is 0.411 e. The average Bonchev–Trinajstić information content (AvgIpc) is 2.78. The zero-order chi connectivity index (χ0) is 23.0. The molecule has 0 bridgehead atoms. The van der Waals surface area contributed by atoms with Crippen LogP contribution in [0.15, 0.2) is 60.7 Å². The maximum absolute atomic E-state index is 13.5. The third-order valence-corrected chi connectivity index (χ3v) is 5.40. The van der Waals surface area contributed by atoms with Gasteiger partial charge in [-0.3, -0.25) is 4.90 Å². The molecule has 2 aromatic carbocycles. The van der Waals surface area contributed by atoms with Crippen molar-refractivity contribution in [2.24, 2.45) is 0 Å². The molecule has 1 aliphatic rings. The summed E-state index contributed by atoms with van der Waals surface area (Å²) in [5.74, 6) is -0.458. The van der Waals surface area contributed by atoms with Gasteiger partial charge in [0.1, 0.15) is 12.2 Å². The number of hydrogen-bond donors (Lipinski definition) is 0. The second-order valence-electron chi connectivity index (χ2n) is 9.16. The predicted octanol–water partition coefficient (Wildman–Crippen LogP) is 5.11. The molecule has 0 aliphatic carbocycles. The van der Waals surface area contributed by atoms with Gasteiger partial charge in [0.2, 0.25) is 0 Å². The SMILES string of the molecule is CC(C)(C)OC(=O)N1CCCCC1(COCc1ccccc1)C(=O)OCc1ccccc1. The van der Waals surface area contributed by atoms with Gasteiger partial charge in [-0.25, -0.2) is 9.59 Å². The molecule has 1 atom stereocenters. The highest BCUT2D eigenvalue weighted by Crippen LogP contribution is 2.32. The second-order valence-corrected chi connectivity index (χ2v) is 9.16. The molecule has 32 heavy (non-hydrogen) atoms. The van der Waals surface area contributed by atoms with Crippen LogP contribution < -0.4 is 0 Å². The van der Waals surface area contributed by atoms with Gasteiger partial charge < -0.3 is 14.2 Å². The van der Waals surface area contributed by atoms with Crippen LogP contribution in [-0.4, -0.2) is 41.3 Å². The number of carbonyl (C=O) groups is 2. The van der Waals surface area contributed by atoms with E-state index in [1.807, 2.05) is 81.4 Å². The summed E-state index contributed by atoms with van der Waals surface area (Å²) >= 11 is 0. The Bertz CT molecular complexity index is 878. The predicted molar refractivity (Wildman–Crippen MR) is 122 cm³/mol. The number of rotatable bonds is 7. The molecule has 1 fully saturated rings. The van der Waals surface area contributed by atoms with Crippen LogP contribution in [0.2, 0.25) is 0 Å². The summed E-state index contributed by atoms with van der Waals surface area (Å²) in [5.41, 5.74) is 0.00393. The van der Waals surface area contributed by atoms with Crippen LogP contribution in [0.5, 0.6) is 0 Å². The van der Waals surface area contributed by atoms with Crippen molar-refractivity contribution in [3.8, 4) is 0 Å². The van der Waals surface area contributed by atoms with Gasteiger partial charge in [0.25, 0.3) is 0 Å². The fourth-order valence-electron chi connectivity index (χ4n) is 3.81. The highest BCUT2D eigenvalue weighted by molar-refractivity contribution is 5.86. The number of likely N-dealkylation sites (tertiary alicyclic amines) is 1. The molecule has 0 N–H and O–H groups in total. The fraction of sp³-hybridized carbons (Fsp3) is 0.462. The van der Waals surface area contributed by atoms with Gasteiger partial charge in [0, 0.05) is 6.54 Å². The first-order valence-electron chi connectivity index (χ1n) is 11.1. The molecule has 0 spiro atoms. The van der Waals surface area contributed by atoms with Crippen molar-refractivity contribution in [2.45, 2.75) is 64.4 Å². The molecule has 0 radical (unpaired) electrons. The number of piperidine rings is 1. The Labute approximate surface area is 190 Å². The zero-order valence-electron chi connectivity index (χ0n) is 19.2. The number of hydrogen-bond acceptors (Lipinski definition) is 5. The van der Waals surface area contributed by atoms with E-state index >= 15 is 0 Å². The maximum atomic E-state index is 13.5. The van der Waals surface area contributed by atoms with Crippen molar-refractivity contribution < 1.29 is 23.8 Å². The van der Waals surface area contributed by atoms with Gasteiger partial charge in [-0.05, 0) is 51.2 Å². The fourth-order valence-corrected chi connectivity index (χ4v) is 3.81. The molecular weight excluding hydrogens is 406 g/mol. The van der Waals surface area contributed by atoms with Crippen molar-refractivity contribution in [3.63, 3.8) is 0 Å². The van der Waals surface area contributed by atoms with Gasteiger partial charge in [0.05, 0.1) is 13.2 Å². The van der Waals surface area contributed by atoms with Gasteiger partial charge in [-0.1, -0.05) is 60.7 Å². The smallest absolute Gasteiger partial charge is 0.411 e. The van der Waals surface area contributed by atoms with Gasteiger partial charge in [-0.15, -0.1) is 0 Å². The Hall–Kier alpha value is -2.86. The van der Waals surface area contributed by atoms with E-state index < -0.39 is 23.2 Å². The molecule has 0 aromatic heterocycles. The van der Waals surface area contributed by atoms with Crippen molar-refractivity contribution >= 4 is 12.1 Å². The monoisotopic (exact) mass is 439 g/mol. The number of amides is 1. The van der Waals surface area contributed by atoms with E-state index in [9.17, 15) is 9.59 Å². The summed E-state index contributed by atoms with van der Waals surface area (Å²) in [6.07, 6.45) is 1.55. The molecule has 1 heterocycles. The first kappa shape index (κ1) is 23.8. The molecule has 1 aliphatic heterocycles. The summed E-state index contributed by atoms with van der Waals surface area (Å²) in [5, 5.41) is 0. The second kappa shape index (κ2) is 10.6. The van der Waals surface area contributed by atoms with E-state index in [2.05, 4.69) is 0 Å². The number of benzene rings is 2. The van der Waals surface area contributed by atoms with Crippen LogP contribution in [0.1, 0.15) is 51.2 Å². The Kier molecular flexibility index (Phi) is 7.91. The zero-order valence-corrected chi connectivity index (χ0v) is 19.2. The van der Waals surface area contributed by atoms with E-state index in [0.717, 1.165) is 24.0 Å². The van der Waals surface area contributed by atoms with E-state index in [0.29, 0.717) is 19.6 Å². The highest BCUT2D eigenvalue weighted by atomic mass is 16.6. The summed E-state index contributed by atoms with van der Waals surface area (Å²) in [4.78, 5) is 28.1. The van der Waals surface area contributed by atoms with Crippen LogP contribution in [0.4, 0.5) is 4.79 Å². The molecule has 3 rings (SSSR count). The standard InChI is InChI=1S/C26H33NO5/c1-25(2,3)32-24(29)27-17-11-10-16-26(27,20-30-18-21-12-6-4-7-13-21)23(28)31-19-22-14-8-5-9-15-22/h4-9,12-15H,10-11,16-20H2,1-3H3. The van der Waals surface area contributed by atoms with Crippen molar-refractivity contribution in [1.29, 1.82) is 0 Å². The van der Waals surface area contributed by atoms with E-state index in [1.165, 1.54) is 4.90 Å². The van der Waals surface area contributed by atoms with Crippen LogP contribution in [0, 0.1) is 0 Å². The minimum absolute atomic E-state index is 0.0504. The van der Waals surface area contributed by atoms with Crippen LogP contribution in [0.25, 0.3) is 0 Å². The lowest BCUT2D eigenvalue weighted by Gasteiger charge is -2.44. The molecule has 1 amide bonds. The van der Waals surface area contributed by atoms with Crippen molar-refractivity contribution in [3.05, 3.63) is 71.8 Å². The van der Waals surface area contributed by atoms with Gasteiger partial charge >= 0.3 is 12.1 Å². The Balaban J connectivity index is 1.80. The molecule has 1 unspecified atom stereocenters. The highest BCUT2D eigenvalue weighted by Gasteiger charge is 2.51. The Morgan fingerprint density at radius 1 is 0.906 bits per heavy atom. The minimum atomic E-state index is -1.22. The molecule has 172 valence electrons. The van der Waals surface area contributed by atoms with E-state index in [1.54, 1.807) is 0 Å². The minimum Gasteiger partial charge on any atom is -0.459 e. The van der Waals surface area contributed by atoms with Gasteiger partial charge in [-0.2, -0.15) is 0 Å². The van der Waals surface area contributed by atoms with Crippen molar-refractivity contribution in [2.75, 3.05) is 13.2 Å². The lowest BCUT2D eigenvalue weighted by atomic mass is 9.87. The molecule has 1 saturated heterocycles. The van der Waals surface area contributed by atoms with Crippen LogP contribution >= 0.6 is 0 Å². The molecular formula is C26H33NO5. The summed E-state index contributed by atoms with van der Waals surface area (Å²) in [6.45, 7) is 6.40. The molecule has 6 heteroatoms. The summed E-state index contributed by atoms with van der Waals surface area (Å²) in [7, 11) is 0. The Morgan fingerprint density at radius 2 is 1.50 bits per heavy atom. The quantitative estimate of drug-likeness (QED) is 0.561. The van der Waals surface area contributed by atoms with E-state index in [4.69, 9.17) is 14.2 Å². The third-order valence-electron chi connectivity index (χ3n) is 5.40. The topological polar surface area (TPSA) is 65.1 Å². The normalized spacial score (nSPS) is 18.8. The lowest BCUT2D eigenvalue weighted by molar-refractivity contribution is -0.167. The van der Waals surface area contributed by atoms with Crippen molar-refractivity contribution in [1.82, 2.24) is 4.90 Å². The molecule has 6 nitrogen and oxygen atoms in total. The molecule has 0 saturated carbocycles. The van der Waals surface area contributed by atoms with Crippen LogP contribution in [0.3, 0.4) is 0 Å². The largest absolute Gasteiger partial charge is 0.459 e. The lowest BCUT2D eigenvalue weighted by Crippen LogP contribution is -2.63. The first-order valence-corrected chi connectivity index (χ1v) is 11.1. The number of ether oxygens (including phenoxy) is 3. The average molecular weight is 440 g/mol. The number of nitrogens with zero attached hydrogens (tertiary/aromatic N) is 1. The number of carbonyl (C=O) groups excluding carboxylic acids is 2. The Morgan fingerprint density at radius 3 is 2.09 bits per heavy atom. The van der Waals surface area contributed by atoms with E-state index in [-0.39, 0.29) is 13.2 Å².